The molecule has 1 saturated heterocycles. The summed E-state index contributed by atoms with van der Waals surface area (Å²) < 4.78 is 13.6. The Balaban J connectivity index is 1.22. The van der Waals surface area contributed by atoms with Crippen LogP contribution in [0.15, 0.2) is 71.7 Å². The molecule has 39 heavy (non-hydrogen) atoms. The van der Waals surface area contributed by atoms with Crippen LogP contribution >= 0.6 is 11.6 Å². The van der Waals surface area contributed by atoms with Gasteiger partial charge in [-0.05, 0) is 80.4 Å². The largest absolute Gasteiger partial charge is 0.374 e. The highest BCUT2D eigenvalue weighted by Crippen LogP contribution is 2.32. The number of carbonyl (C=O) groups excluding carboxylic acids is 1. The van der Waals surface area contributed by atoms with Gasteiger partial charge in [-0.15, -0.1) is 0 Å². The topological polar surface area (TPSA) is 60.5 Å². The van der Waals surface area contributed by atoms with E-state index in [9.17, 15) is 9.18 Å². The number of hydrogen-bond donors (Lipinski definition) is 2. The van der Waals surface area contributed by atoms with Crippen molar-refractivity contribution in [1.82, 2.24) is 15.2 Å². The number of fused-ring (bicyclic) bond motifs is 1. The molecule has 2 atom stereocenters. The third kappa shape index (κ3) is 6.55. The monoisotopic (exact) mass is 548 g/mol. The zero-order chi connectivity index (χ0) is 27.4. The lowest BCUT2D eigenvalue weighted by molar-refractivity contribution is -0.122. The molecule has 0 spiro atoms. The van der Waals surface area contributed by atoms with Crippen molar-refractivity contribution >= 4 is 23.2 Å². The maximum atomic E-state index is 13.6. The van der Waals surface area contributed by atoms with Crippen LogP contribution < -0.4 is 16.0 Å². The summed E-state index contributed by atoms with van der Waals surface area (Å²) in [5, 5.41) is 5.15. The first kappa shape index (κ1) is 27.4. The number of H-pyrrole nitrogens is 1. The third-order valence-corrected chi connectivity index (χ3v) is 8.65. The fraction of sp³-hybridized carbons (Fsp3) is 0.438. The number of aromatic nitrogens is 1. The second-order valence-corrected chi connectivity index (χ2v) is 11.7. The molecule has 1 fully saturated rings. The molecule has 0 saturated carbocycles. The Hall–Kier alpha value is -3.12. The molecule has 3 aliphatic rings. The summed E-state index contributed by atoms with van der Waals surface area (Å²) in [5.74, 6) is 0.267. The van der Waals surface area contributed by atoms with E-state index in [1.54, 1.807) is 12.2 Å². The van der Waals surface area contributed by atoms with E-state index < -0.39 is 0 Å². The summed E-state index contributed by atoms with van der Waals surface area (Å²) in [4.78, 5) is 23.4. The van der Waals surface area contributed by atoms with Crippen LogP contribution in [-0.2, 0) is 10.2 Å². The Morgan fingerprint density at radius 2 is 2.05 bits per heavy atom. The quantitative estimate of drug-likeness (QED) is 0.450. The van der Waals surface area contributed by atoms with Gasteiger partial charge in [0.25, 0.3) is 0 Å². The van der Waals surface area contributed by atoms with Gasteiger partial charge >= 0.3 is 0 Å². The van der Waals surface area contributed by atoms with E-state index in [4.69, 9.17) is 16.6 Å². The first-order valence-electron chi connectivity index (χ1n) is 14.1. The van der Waals surface area contributed by atoms with Gasteiger partial charge in [-0.2, -0.15) is 0 Å². The maximum absolute atomic E-state index is 13.6. The molecular formula is C32H38ClFN4O. The average Bonchev–Trinajstić information content (AvgIpc) is 3.34. The normalized spacial score (nSPS) is 25.5. The number of aromatic amines is 1. The van der Waals surface area contributed by atoms with Crippen LogP contribution in [0.3, 0.4) is 0 Å². The predicted molar refractivity (Wildman–Crippen MR) is 155 cm³/mol. The first-order chi connectivity index (χ1) is 18.8. The summed E-state index contributed by atoms with van der Waals surface area (Å²) >= 11 is 6.00. The van der Waals surface area contributed by atoms with Gasteiger partial charge in [-0.3, -0.25) is 4.79 Å². The van der Waals surface area contributed by atoms with Gasteiger partial charge in [0.05, 0.1) is 0 Å². The number of amides is 1. The van der Waals surface area contributed by atoms with Gasteiger partial charge < -0.3 is 15.2 Å². The van der Waals surface area contributed by atoms with Crippen LogP contribution in [0.1, 0.15) is 76.0 Å². The number of rotatable bonds is 7. The Labute approximate surface area is 235 Å². The summed E-state index contributed by atoms with van der Waals surface area (Å²) in [6.45, 7) is 6.08. The zero-order valence-electron chi connectivity index (χ0n) is 22.9. The van der Waals surface area contributed by atoms with E-state index in [1.807, 2.05) is 36.5 Å². The minimum absolute atomic E-state index is 0.133. The molecule has 1 aromatic carbocycles. The lowest BCUT2D eigenvalue weighted by Gasteiger charge is -2.35. The predicted octanol–water partition coefficient (Wildman–Crippen LogP) is 5.94. The molecule has 3 heterocycles. The second-order valence-electron chi connectivity index (χ2n) is 11.3. The van der Waals surface area contributed by atoms with Crippen molar-refractivity contribution in [2.75, 3.05) is 13.1 Å². The average molecular weight is 549 g/mol. The number of nitrogens with one attached hydrogen (secondary N) is 2. The summed E-state index contributed by atoms with van der Waals surface area (Å²) in [5.41, 5.74) is 4.14. The van der Waals surface area contributed by atoms with Crippen LogP contribution in [0, 0.1) is 0 Å². The highest BCUT2D eigenvalue weighted by Gasteiger charge is 2.28. The standard InChI is InChI=1S/C32H38ClFN4O/c1-22(23-7-9-24(33)10-8-23)6-11-30(39)36-26-14-19-38(20-15-26)28-5-3-4-18-35-31-27(28)21-29(37-31)32(2)16-12-25(34)13-17-32/h4,7-10,12-13,16,18,21-22,26H,3,5-6,11,14-15,17,19-20H2,1-2H3,(H,35,37)(H,36,39)/b18-4-,28-27+/t22-,32?/m1/s1. The number of carbonyl (C=O) groups is 1. The highest BCUT2D eigenvalue weighted by atomic mass is 35.5. The van der Waals surface area contributed by atoms with Gasteiger partial charge in [0.2, 0.25) is 5.91 Å². The molecule has 1 aliphatic carbocycles. The molecule has 0 radical (unpaired) electrons. The van der Waals surface area contributed by atoms with Crippen molar-refractivity contribution in [2.45, 2.75) is 76.2 Å². The number of hydrogen-bond acceptors (Lipinski definition) is 3. The van der Waals surface area contributed by atoms with Crippen molar-refractivity contribution in [3.63, 3.8) is 0 Å². The Morgan fingerprint density at radius 1 is 1.28 bits per heavy atom. The van der Waals surface area contributed by atoms with Gasteiger partial charge in [-0.25, -0.2) is 9.38 Å². The minimum atomic E-state index is -0.288. The first-order valence-corrected chi connectivity index (χ1v) is 14.5. The number of halogens is 2. The molecule has 5 rings (SSSR count). The van der Waals surface area contributed by atoms with E-state index >= 15 is 0 Å². The van der Waals surface area contributed by atoms with E-state index in [0.29, 0.717) is 18.8 Å². The van der Waals surface area contributed by atoms with Crippen molar-refractivity contribution in [2.24, 2.45) is 4.99 Å². The van der Waals surface area contributed by atoms with Crippen LogP contribution in [0.5, 0.6) is 0 Å². The SMILES string of the molecule is C[C@H](CCC(=O)NC1CCN(\C2=c3/cc(C4(C)C=CC(F)=CC4)[nH]/c3=N\C=C/CC2)CC1)c1ccc(Cl)cc1. The van der Waals surface area contributed by atoms with Crippen molar-refractivity contribution in [1.29, 1.82) is 0 Å². The third-order valence-electron chi connectivity index (χ3n) is 8.40. The molecule has 2 aliphatic heterocycles. The molecule has 2 N–H and O–H groups in total. The lowest BCUT2D eigenvalue weighted by atomic mass is 9.80. The molecule has 2 aromatic rings. The molecule has 0 bridgehead atoms. The maximum Gasteiger partial charge on any atom is 0.220 e. The second kappa shape index (κ2) is 12.0. The fourth-order valence-electron chi connectivity index (χ4n) is 5.77. The van der Waals surface area contributed by atoms with Crippen LogP contribution in [0.25, 0.3) is 5.70 Å². The molecule has 206 valence electrons. The number of piperidine rings is 1. The molecule has 1 amide bonds. The van der Waals surface area contributed by atoms with Crippen LogP contribution in [-0.4, -0.2) is 34.9 Å². The van der Waals surface area contributed by atoms with E-state index in [0.717, 1.165) is 66.6 Å². The Bertz CT molecular complexity index is 1400. The molecule has 7 heteroatoms. The Morgan fingerprint density at radius 3 is 2.77 bits per heavy atom. The zero-order valence-corrected chi connectivity index (χ0v) is 23.6. The fourth-order valence-corrected chi connectivity index (χ4v) is 5.89. The van der Waals surface area contributed by atoms with Gasteiger partial charge in [0.1, 0.15) is 11.3 Å². The molecule has 5 nitrogen and oxygen atoms in total. The van der Waals surface area contributed by atoms with Crippen LogP contribution in [0.4, 0.5) is 4.39 Å². The lowest BCUT2D eigenvalue weighted by Crippen LogP contribution is -2.45. The van der Waals surface area contributed by atoms with Gasteiger partial charge in [0.15, 0.2) is 0 Å². The van der Waals surface area contributed by atoms with Crippen molar-refractivity contribution in [3.05, 3.63) is 93.6 Å². The number of nitrogens with zero attached hydrogens (tertiary/aromatic N) is 2. The summed E-state index contributed by atoms with van der Waals surface area (Å²) in [7, 11) is 0. The van der Waals surface area contributed by atoms with Crippen LogP contribution in [0.2, 0.25) is 5.02 Å². The number of allylic oxidation sites excluding steroid dienone is 5. The minimum Gasteiger partial charge on any atom is -0.374 e. The van der Waals surface area contributed by atoms with Gasteiger partial charge in [0, 0.05) is 58.8 Å². The number of likely N-dealkylation sites (tertiary alicyclic amines) is 1. The van der Waals surface area contributed by atoms with E-state index in [1.165, 1.54) is 11.3 Å². The Kier molecular flexibility index (Phi) is 8.41. The van der Waals surface area contributed by atoms with Crippen molar-refractivity contribution in [3.8, 4) is 0 Å². The summed E-state index contributed by atoms with van der Waals surface area (Å²) in [6.07, 6.45) is 14.8. The highest BCUT2D eigenvalue weighted by molar-refractivity contribution is 6.30. The van der Waals surface area contributed by atoms with Gasteiger partial charge in [-0.1, -0.05) is 49.7 Å². The molecular weight excluding hydrogens is 511 g/mol. The summed E-state index contributed by atoms with van der Waals surface area (Å²) in [6, 6.07) is 10.3. The van der Waals surface area contributed by atoms with Crippen molar-refractivity contribution < 1.29 is 9.18 Å². The van der Waals surface area contributed by atoms with E-state index in [2.05, 4.69) is 41.2 Å². The smallest absolute Gasteiger partial charge is 0.220 e. The van der Waals surface area contributed by atoms with E-state index in [-0.39, 0.29) is 23.2 Å². The number of benzene rings is 1. The molecule has 1 unspecified atom stereocenters. The molecule has 1 aromatic heterocycles.